The fourth-order valence-electron chi connectivity index (χ4n) is 0.729. The van der Waals surface area contributed by atoms with Crippen LogP contribution >= 0.6 is 11.3 Å². The normalized spacial score (nSPS) is 10.6. The number of thiazole rings is 1. The van der Waals surface area contributed by atoms with Gasteiger partial charge in [-0.05, 0) is 0 Å². The van der Waals surface area contributed by atoms with Crippen molar-refractivity contribution in [3.63, 3.8) is 0 Å². The second-order valence-corrected chi connectivity index (χ2v) is 3.31. The summed E-state index contributed by atoms with van der Waals surface area (Å²) in [7, 11) is 1.59. The van der Waals surface area contributed by atoms with Crippen LogP contribution < -0.4 is 5.32 Å². The first-order chi connectivity index (χ1) is 6.13. The maximum atomic E-state index is 10.6. The van der Waals surface area contributed by atoms with E-state index in [1.165, 1.54) is 24.5 Å². The molecule has 13 heavy (non-hydrogen) atoms. The van der Waals surface area contributed by atoms with Gasteiger partial charge >= 0.3 is 0 Å². The number of carbonyl (C=O) groups excluding carboxylic acids is 1. The molecule has 0 atom stereocenters. The first-order valence-corrected chi connectivity index (χ1v) is 4.34. The zero-order valence-corrected chi connectivity index (χ0v) is 8.05. The van der Waals surface area contributed by atoms with Gasteiger partial charge in [0.1, 0.15) is 4.88 Å². The van der Waals surface area contributed by atoms with Gasteiger partial charge in [0.05, 0.1) is 0 Å². The predicted octanol–water partition coefficient (Wildman–Crippen LogP) is 0.856. The van der Waals surface area contributed by atoms with Crippen LogP contribution in [0, 0.1) is 0 Å². The predicted molar refractivity (Wildman–Crippen MR) is 51.6 cm³/mol. The van der Waals surface area contributed by atoms with Crippen molar-refractivity contribution in [3.05, 3.63) is 4.88 Å². The molecule has 0 aliphatic carbocycles. The van der Waals surface area contributed by atoms with Crippen LogP contribution in [0.5, 0.6) is 5.88 Å². The van der Waals surface area contributed by atoms with Gasteiger partial charge in [0.15, 0.2) is 5.13 Å². The number of anilines is 1. The molecule has 1 amide bonds. The van der Waals surface area contributed by atoms with Crippen LogP contribution in [0.1, 0.15) is 11.8 Å². The smallest absolute Gasteiger partial charge is 0.233 e. The van der Waals surface area contributed by atoms with Gasteiger partial charge in [-0.3, -0.25) is 9.79 Å². The van der Waals surface area contributed by atoms with Gasteiger partial charge in [-0.1, -0.05) is 11.3 Å². The number of carbonyl (C=O) groups is 1. The summed E-state index contributed by atoms with van der Waals surface area (Å²) in [5.74, 6) is -0.326. The van der Waals surface area contributed by atoms with Gasteiger partial charge in [0.25, 0.3) is 0 Å². The number of aliphatic imine (C=N–C) groups is 1. The summed E-state index contributed by atoms with van der Waals surface area (Å²) in [6.45, 7) is 1.38. The minimum absolute atomic E-state index is 0.112. The number of nitrogens with zero attached hydrogens (tertiary/aromatic N) is 2. The standard InChI is InChI=1S/C7H9N3O2S/c1-4(11)9-7-10-6(12)5(13-7)3-8-2/h3,12H,1-2H3,(H,9,10,11). The lowest BCUT2D eigenvalue weighted by Gasteiger charge is -1.91. The highest BCUT2D eigenvalue weighted by atomic mass is 32.1. The Labute approximate surface area is 79.2 Å². The molecule has 0 aromatic carbocycles. The Morgan fingerprint density at radius 1 is 1.77 bits per heavy atom. The van der Waals surface area contributed by atoms with E-state index in [1.54, 1.807) is 7.05 Å². The van der Waals surface area contributed by atoms with Crippen LogP contribution in [0.4, 0.5) is 5.13 Å². The quantitative estimate of drug-likeness (QED) is 0.693. The molecule has 1 heterocycles. The second-order valence-electron chi connectivity index (χ2n) is 2.28. The molecule has 70 valence electrons. The third kappa shape index (κ3) is 2.51. The van der Waals surface area contributed by atoms with Crippen molar-refractivity contribution in [3.8, 4) is 5.88 Å². The summed E-state index contributed by atoms with van der Waals surface area (Å²) in [5.41, 5.74) is 0. The van der Waals surface area contributed by atoms with E-state index >= 15 is 0 Å². The summed E-state index contributed by atoms with van der Waals surface area (Å²) < 4.78 is 0. The Kier molecular flexibility index (Phi) is 2.97. The van der Waals surface area contributed by atoms with Crippen LogP contribution in [-0.4, -0.2) is 29.3 Å². The van der Waals surface area contributed by atoms with E-state index in [-0.39, 0.29) is 11.8 Å². The average molecular weight is 199 g/mol. The minimum atomic E-state index is -0.214. The summed E-state index contributed by atoms with van der Waals surface area (Å²) >= 11 is 1.17. The molecular weight excluding hydrogens is 190 g/mol. The first-order valence-electron chi connectivity index (χ1n) is 3.53. The molecule has 1 aromatic rings. The SMILES string of the molecule is CN=Cc1sc(NC(C)=O)nc1O. The van der Waals surface area contributed by atoms with E-state index in [4.69, 9.17) is 0 Å². The van der Waals surface area contributed by atoms with Crippen molar-refractivity contribution < 1.29 is 9.90 Å². The highest BCUT2D eigenvalue weighted by Gasteiger charge is 2.08. The molecule has 2 N–H and O–H groups in total. The highest BCUT2D eigenvalue weighted by Crippen LogP contribution is 2.25. The van der Waals surface area contributed by atoms with Crippen LogP contribution in [0.3, 0.4) is 0 Å². The maximum Gasteiger partial charge on any atom is 0.233 e. The zero-order valence-electron chi connectivity index (χ0n) is 7.24. The van der Waals surface area contributed by atoms with E-state index in [0.29, 0.717) is 10.0 Å². The van der Waals surface area contributed by atoms with Crippen molar-refractivity contribution in [2.24, 2.45) is 4.99 Å². The van der Waals surface area contributed by atoms with Crippen LogP contribution in [0.25, 0.3) is 0 Å². The first kappa shape index (κ1) is 9.66. The molecule has 1 rings (SSSR count). The lowest BCUT2D eigenvalue weighted by Crippen LogP contribution is -2.04. The summed E-state index contributed by atoms with van der Waals surface area (Å²) in [6, 6.07) is 0. The Morgan fingerprint density at radius 2 is 2.46 bits per heavy atom. The van der Waals surface area contributed by atoms with Crippen molar-refractivity contribution in [2.45, 2.75) is 6.92 Å². The van der Waals surface area contributed by atoms with Crippen LogP contribution in [0.2, 0.25) is 0 Å². The number of nitrogens with one attached hydrogen (secondary N) is 1. The third-order valence-corrected chi connectivity index (χ3v) is 2.06. The van der Waals surface area contributed by atoms with E-state index in [0.717, 1.165) is 0 Å². The molecular formula is C7H9N3O2S. The molecule has 0 spiro atoms. The van der Waals surface area contributed by atoms with Crippen molar-refractivity contribution in [1.29, 1.82) is 0 Å². The molecule has 0 aliphatic rings. The van der Waals surface area contributed by atoms with Gasteiger partial charge in [0, 0.05) is 20.2 Å². The van der Waals surface area contributed by atoms with Gasteiger partial charge in [-0.15, -0.1) is 0 Å². The van der Waals surface area contributed by atoms with E-state index in [9.17, 15) is 9.90 Å². The highest BCUT2D eigenvalue weighted by molar-refractivity contribution is 7.17. The number of hydrogen-bond acceptors (Lipinski definition) is 5. The molecule has 0 saturated heterocycles. The van der Waals surface area contributed by atoms with E-state index in [2.05, 4.69) is 15.3 Å². The third-order valence-electron chi connectivity index (χ3n) is 1.16. The number of amides is 1. The lowest BCUT2D eigenvalue weighted by molar-refractivity contribution is -0.114. The van der Waals surface area contributed by atoms with Gasteiger partial charge < -0.3 is 10.4 Å². The molecule has 6 heteroatoms. The Hall–Kier alpha value is -1.43. The fourth-order valence-corrected chi connectivity index (χ4v) is 1.56. The number of aromatic nitrogens is 1. The molecule has 0 radical (unpaired) electrons. The molecule has 5 nitrogen and oxygen atoms in total. The fraction of sp³-hybridized carbons (Fsp3) is 0.286. The zero-order chi connectivity index (χ0) is 9.84. The van der Waals surface area contributed by atoms with Crippen molar-refractivity contribution in [2.75, 3.05) is 12.4 Å². The van der Waals surface area contributed by atoms with Crippen molar-refractivity contribution >= 4 is 28.6 Å². The molecule has 0 aliphatic heterocycles. The van der Waals surface area contributed by atoms with Crippen LogP contribution in [0.15, 0.2) is 4.99 Å². The Bertz CT molecular complexity index is 346. The van der Waals surface area contributed by atoms with Gasteiger partial charge in [-0.2, -0.15) is 4.98 Å². The number of aromatic hydroxyl groups is 1. The molecule has 0 unspecified atom stereocenters. The number of rotatable bonds is 2. The number of hydrogen-bond donors (Lipinski definition) is 2. The van der Waals surface area contributed by atoms with Crippen molar-refractivity contribution in [1.82, 2.24) is 4.98 Å². The summed E-state index contributed by atoms with van der Waals surface area (Å²) in [4.78, 5) is 18.6. The Balaban J connectivity index is 2.88. The molecule has 0 saturated carbocycles. The minimum Gasteiger partial charge on any atom is -0.492 e. The summed E-state index contributed by atoms with van der Waals surface area (Å²) in [6.07, 6.45) is 1.48. The topological polar surface area (TPSA) is 74.6 Å². The van der Waals surface area contributed by atoms with E-state index < -0.39 is 0 Å². The van der Waals surface area contributed by atoms with Gasteiger partial charge in [-0.25, -0.2) is 0 Å². The van der Waals surface area contributed by atoms with Gasteiger partial charge in [0.2, 0.25) is 11.8 Å². The average Bonchev–Trinajstić information content (AvgIpc) is 2.31. The maximum absolute atomic E-state index is 10.6. The lowest BCUT2D eigenvalue weighted by atomic mass is 10.6. The summed E-state index contributed by atoms with van der Waals surface area (Å²) in [5, 5.41) is 12.1. The Morgan fingerprint density at radius 3 is 3.00 bits per heavy atom. The monoisotopic (exact) mass is 199 g/mol. The second kappa shape index (κ2) is 3.99. The van der Waals surface area contributed by atoms with Crippen LogP contribution in [-0.2, 0) is 4.79 Å². The molecule has 1 aromatic heterocycles. The molecule has 0 fully saturated rings. The largest absolute Gasteiger partial charge is 0.492 e. The molecule has 0 bridgehead atoms. The van der Waals surface area contributed by atoms with E-state index in [1.807, 2.05) is 0 Å².